The topological polar surface area (TPSA) is 85.1 Å². The number of benzene rings is 1. The molecule has 0 aliphatic carbocycles. The maximum absolute atomic E-state index is 12.8. The highest BCUT2D eigenvalue weighted by Crippen LogP contribution is 2.11. The molecule has 0 aromatic heterocycles. The first-order valence-corrected chi connectivity index (χ1v) is 7.70. The third-order valence-corrected chi connectivity index (χ3v) is 3.78. The van der Waals surface area contributed by atoms with E-state index in [1.165, 1.54) is 31.4 Å². The maximum Gasteiger partial charge on any atom is 0.260 e. The van der Waals surface area contributed by atoms with E-state index in [0.717, 1.165) is 0 Å². The number of nitrogens with two attached hydrogens (primary N) is 1. The molecule has 7 nitrogen and oxygen atoms in total. The van der Waals surface area contributed by atoms with Gasteiger partial charge in [0.1, 0.15) is 17.6 Å². The van der Waals surface area contributed by atoms with Crippen LogP contribution in [-0.4, -0.2) is 74.2 Å². The molecule has 2 N–H and O–H groups in total. The summed E-state index contributed by atoms with van der Waals surface area (Å²) in [7, 11) is 1.49. The highest BCUT2D eigenvalue weighted by molar-refractivity contribution is 5.82. The van der Waals surface area contributed by atoms with Crippen molar-refractivity contribution in [3.05, 3.63) is 30.1 Å². The van der Waals surface area contributed by atoms with E-state index in [4.69, 9.17) is 15.2 Å². The second kappa shape index (κ2) is 8.60. The Morgan fingerprint density at radius 2 is 1.75 bits per heavy atom. The first kappa shape index (κ1) is 18.2. The third kappa shape index (κ3) is 4.90. The van der Waals surface area contributed by atoms with Crippen LogP contribution in [0.25, 0.3) is 0 Å². The Morgan fingerprint density at radius 3 is 2.33 bits per heavy atom. The molecule has 0 saturated carbocycles. The van der Waals surface area contributed by atoms with Gasteiger partial charge in [-0.25, -0.2) is 4.39 Å². The zero-order chi connectivity index (χ0) is 17.5. The van der Waals surface area contributed by atoms with Crippen molar-refractivity contribution in [2.24, 2.45) is 5.73 Å². The zero-order valence-electron chi connectivity index (χ0n) is 13.6. The molecule has 132 valence electrons. The van der Waals surface area contributed by atoms with Gasteiger partial charge in [0.05, 0.1) is 6.61 Å². The van der Waals surface area contributed by atoms with Crippen LogP contribution in [0.3, 0.4) is 0 Å². The van der Waals surface area contributed by atoms with Gasteiger partial charge in [-0.2, -0.15) is 0 Å². The molecule has 1 aromatic rings. The summed E-state index contributed by atoms with van der Waals surface area (Å²) < 4.78 is 23.0. The van der Waals surface area contributed by atoms with Crippen LogP contribution in [-0.2, 0) is 14.3 Å². The molecular formula is C16H22FN3O4. The second-order valence-corrected chi connectivity index (χ2v) is 5.51. The van der Waals surface area contributed by atoms with Crippen molar-refractivity contribution in [2.45, 2.75) is 6.04 Å². The lowest BCUT2D eigenvalue weighted by atomic mass is 10.2. The van der Waals surface area contributed by atoms with Crippen LogP contribution in [0.2, 0.25) is 0 Å². The number of carbonyl (C=O) groups excluding carboxylic acids is 2. The van der Waals surface area contributed by atoms with Gasteiger partial charge in [-0.15, -0.1) is 0 Å². The Kier molecular flexibility index (Phi) is 6.51. The Labute approximate surface area is 140 Å². The Bertz CT molecular complexity index is 559. The third-order valence-electron chi connectivity index (χ3n) is 3.78. The minimum Gasteiger partial charge on any atom is -0.484 e. The van der Waals surface area contributed by atoms with Crippen LogP contribution in [0.1, 0.15) is 0 Å². The number of halogens is 1. The van der Waals surface area contributed by atoms with Gasteiger partial charge < -0.3 is 25.0 Å². The minimum absolute atomic E-state index is 0.122. The number of nitrogens with zero attached hydrogens (tertiary/aromatic N) is 2. The molecule has 1 aliphatic rings. The molecule has 1 aliphatic heterocycles. The summed E-state index contributed by atoms with van der Waals surface area (Å²) in [5.74, 6) is -0.274. The summed E-state index contributed by atoms with van der Waals surface area (Å²) in [6, 6.07) is 4.80. The predicted molar refractivity (Wildman–Crippen MR) is 84.9 cm³/mol. The number of amides is 2. The largest absolute Gasteiger partial charge is 0.484 e. The summed E-state index contributed by atoms with van der Waals surface area (Å²) in [5.41, 5.74) is 5.73. The minimum atomic E-state index is -0.681. The van der Waals surface area contributed by atoms with E-state index >= 15 is 0 Å². The summed E-state index contributed by atoms with van der Waals surface area (Å²) in [6.07, 6.45) is 0. The van der Waals surface area contributed by atoms with Gasteiger partial charge in [-0.05, 0) is 24.3 Å². The molecule has 24 heavy (non-hydrogen) atoms. The summed E-state index contributed by atoms with van der Waals surface area (Å²) >= 11 is 0. The van der Waals surface area contributed by atoms with E-state index < -0.39 is 6.04 Å². The first-order valence-electron chi connectivity index (χ1n) is 7.70. The Morgan fingerprint density at radius 1 is 1.17 bits per heavy atom. The Hall–Kier alpha value is -2.19. The number of methoxy groups -OCH3 is 1. The van der Waals surface area contributed by atoms with Crippen molar-refractivity contribution in [2.75, 3.05) is 46.5 Å². The van der Waals surface area contributed by atoms with E-state index in [0.29, 0.717) is 31.9 Å². The standard InChI is InChI=1S/C16H22FN3O4/c1-23-10-14(18)16(22)20-8-6-19(7-9-20)15(21)11-24-13-4-2-12(17)3-5-13/h2-5,14H,6-11,18H2,1H3. The number of piperazine rings is 1. The molecular weight excluding hydrogens is 317 g/mol. The Balaban J connectivity index is 1.76. The van der Waals surface area contributed by atoms with E-state index in [9.17, 15) is 14.0 Å². The van der Waals surface area contributed by atoms with Crippen LogP contribution >= 0.6 is 0 Å². The van der Waals surface area contributed by atoms with Crippen LogP contribution < -0.4 is 10.5 Å². The number of hydrogen-bond donors (Lipinski definition) is 1. The smallest absolute Gasteiger partial charge is 0.260 e. The lowest BCUT2D eigenvalue weighted by molar-refractivity contribution is -0.142. The molecule has 8 heteroatoms. The van der Waals surface area contributed by atoms with Crippen LogP contribution in [0, 0.1) is 5.82 Å². The molecule has 1 atom stereocenters. The number of ether oxygens (including phenoxy) is 2. The van der Waals surface area contributed by atoms with Gasteiger partial charge in [-0.3, -0.25) is 9.59 Å². The number of carbonyl (C=O) groups is 2. The van der Waals surface area contributed by atoms with Gasteiger partial charge in [-0.1, -0.05) is 0 Å². The van der Waals surface area contributed by atoms with Crippen molar-refractivity contribution in [1.29, 1.82) is 0 Å². The lowest BCUT2D eigenvalue weighted by Gasteiger charge is -2.35. The summed E-state index contributed by atoms with van der Waals surface area (Å²) in [4.78, 5) is 27.5. The maximum atomic E-state index is 12.8. The SMILES string of the molecule is COCC(N)C(=O)N1CCN(C(=O)COc2ccc(F)cc2)CC1. The molecule has 1 fully saturated rings. The second-order valence-electron chi connectivity index (χ2n) is 5.51. The highest BCUT2D eigenvalue weighted by Gasteiger charge is 2.27. The molecule has 1 saturated heterocycles. The molecule has 2 amide bonds. The number of hydrogen-bond acceptors (Lipinski definition) is 5. The highest BCUT2D eigenvalue weighted by atomic mass is 19.1. The van der Waals surface area contributed by atoms with Crippen molar-refractivity contribution < 1.29 is 23.5 Å². The van der Waals surface area contributed by atoms with Gasteiger partial charge in [0.2, 0.25) is 5.91 Å². The molecule has 0 spiro atoms. The zero-order valence-corrected chi connectivity index (χ0v) is 13.6. The molecule has 0 radical (unpaired) electrons. The fourth-order valence-electron chi connectivity index (χ4n) is 2.43. The molecule has 1 aromatic carbocycles. The lowest BCUT2D eigenvalue weighted by Crippen LogP contribution is -2.55. The monoisotopic (exact) mass is 339 g/mol. The van der Waals surface area contributed by atoms with E-state index in [-0.39, 0.29) is 30.8 Å². The van der Waals surface area contributed by atoms with E-state index in [1.54, 1.807) is 9.80 Å². The summed E-state index contributed by atoms with van der Waals surface area (Å²) in [6.45, 7) is 1.76. The average Bonchev–Trinajstić information content (AvgIpc) is 2.60. The van der Waals surface area contributed by atoms with Crippen molar-refractivity contribution in [1.82, 2.24) is 9.80 Å². The van der Waals surface area contributed by atoms with E-state index in [1.807, 2.05) is 0 Å². The van der Waals surface area contributed by atoms with Crippen molar-refractivity contribution >= 4 is 11.8 Å². The van der Waals surface area contributed by atoms with Crippen LogP contribution in [0.5, 0.6) is 5.75 Å². The normalized spacial score (nSPS) is 16.0. The quantitative estimate of drug-likeness (QED) is 0.779. The van der Waals surface area contributed by atoms with Gasteiger partial charge in [0, 0.05) is 33.3 Å². The molecule has 0 bridgehead atoms. The predicted octanol–water partition coefficient (Wildman–Crippen LogP) is -0.151. The van der Waals surface area contributed by atoms with Crippen molar-refractivity contribution in [3.63, 3.8) is 0 Å². The van der Waals surface area contributed by atoms with Gasteiger partial charge >= 0.3 is 0 Å². The average molecular weight is 339 g/mol. The summed E-state index contributed by atoms with van der Waals surface area (Å²) in [5, 5.41) is 0. The van der Waals surface area contributed by atoms with Gasteiger partial charge in [0.25, 0.3) is 5.91 Å². The fraction of sp³-hybridized carbons (Fsp3) is 0.500. The van der Waals surface area contributed by atoms with E-state index in [2.05, 4.69) is 0 Å². The van der Waals surface area contributed by atoms with Gasteiger partial charge in [0.15, 0.2) is 6.61 Å². The number of rotatable bonds is 6. The van der Waals surface area contributed by atoms with Crippen molar-refractivity contribution in [3.8, 4) is 5.75 Å². The fourth-order valence-corrected chi connectivity index (χ4v) is 2.43. The van der Waals surface area contributed by atoms with Crippen LogP contribution in [0.4, 0.5) is 4.39 Å². The molecule has 2 rings (SSSR count). The molecule has 1 unspecified atom stereocenters. The first-order chi connectivity index (χ1) is 11.5. The molecule has 1 heterocycles. The van der Waals surface area contributed by atoms with Crippen LogP contribution in [0.15, 0.2) is 24.3 Å².